The Hall–Kier alpha value is -2.10. The van der Waals surface area contributed by atoms with Crippen LogP contribution in [0.15, 0.2) is 24.3 Å². The number of methoxy groups -OCH3 is 1. The molecule has 1 heterocycles. The van der Waals surface area contributed by atoms with E-state index in [-0.39, 0.29) is 5.92 Å². The van der Waals surface area contributed by atoms with E-state index in [4.69, 9.17) is 10.5 Å². The zero-order chi connectivity index (χ0) is 14.0. The zero-order valence-corrected chi connectivity index (χ0v) is 11.8. The quantitative estimate of drug-likeness (QED) is 0.917. The van der Waals surface area contributed by atoms with E-state index >= 15 is 0 Å². The first-order chi connectivity index (χ1) is 9.01. The molecule has 0 fully saturated rings. The lowest BCUT2D eigenvalue weighted by Crippen LogP contribution is -2.03. The number of ether oxygens (including phenoxy) is 1. The van der Waals surface area contributed by atoms with Crippen molar-refractivity contribution in [2.45, 2.75) is 26.7 Å². The number of benzene rings is 1. The molecule has 0 atom stereocenters. The average molecular weight is 257 g/mol. The number of nitrogens with zero attached hydrogens (tertiary/aromatic N) is 2. The van der Waals surface area contributed by atoms with Gasteiger partial charge in [-0.05, 0) is 30.7 Å². The lowest BCUT2D eigenvalue weighted by atomic mass is 10.0. The number of nitrogen functional groups attached to an aromatic ring is 1. The summed E-state index contributed by atoms with van der Waals surface area (Å²) in [5.74, 6) is 2.36. The largest absolute Gasteiger partial charge is 0.497 e. The van der Waals surface area contributed by atoms with Gasteiger partial charge in [-0.25, -0.2) is 9.97 Å². The number of aromatic nitrogens is 2. The van der Waals surface area contributed by atoms with Gasteiger partial charge in [0.1, 0.15) is 17.4 Å². The molecule has 0 amide bonds. The van der Waals surface area contributed by atoms with Crippen molar-refractivity contribution in [1.82, 2.24) is 9.97 Å². The van der Waals surface area contributed by atoms with Crippen LogP contribution < -0.4 is 10.5 Å². The van der Waals surface area contributed by atoms with Crippen molar-refractivity contribution in [3.8, 4) is 17.0 Å². The summed E-state index contributed by atoms with van der Waals surface area (Å²) in [5.41, 5.74) is 8.88. The highest BCUT2D eigenvalue weighted by molar-refractivity contribution is 5.66. The maximum absolute atomic E-state index is 5.86. The van der Waals surface area contributed by atoms with E-state index < -0.39 is 0 Å². The number of rotatable bonds is 3. The Labute approximate surface area is 113 Å². The Kier molecular flexibility index (Phi) is 3.69. The molecule has 100 valence electrons. The first-order valence-electron chi connectivity index (χ1n) is 6.30. The van der Waals surface area contributed by atoms with Gasteiger partial charge in [-0.3, -0.25) is 0 Å². The standard InChI is InChI=1S/C15H19N3O/c1-9(2)15-17-13(8-14(16)18-15)12-6-5-11(19-4)7-10(12)3/h5-9H,1-4H3,(H2,16,17,18). The number of nitrogens with two attached hydrogens (primary N) is 1. The summed E-state index contributed by atoms with van der Waals surface area (Å²) >= 11 is 0. The lowest BCUT2D eigenvalue weighted by Gasteiger charge is -2.11. The Bertz CT molecular complexity index is 594. The van der Waals surface area contributed by atoms with Crippen LogP contribution in [0.3, 0.4) is 0 Å². The summed E-state index contributed by atoms with van der Waals surface area (Å²) < 4.78 is 5.21. The topological polar surface area (TPSA) is 61.0 Å². The van der Waals surface area contributed by atoms with Gasteiger partial charge in [0.05, 0.1) is 12.8 Å². The third-order valence-corrected chi connectivity index (χ3v) is 2.99. The molecular weight excluding hydrogens is 238 g/mol. The number of hydrogen-bond donors (Lipinski definition) is 1. The molecule has 0 spiro atoms. The second-order valence-electron chi connectivity index (χ2n) is 4.87. The maximum atomic E-state index is 5.86. The van der Waals surface area contributed by atoms with Gasteiger partial charge in [0.25, 0.3) is 0 Å². The Morgan fingerprint density at radius 1 is 1.16 bits per heavy atom. The van der Waals surface area contributed by atoms with Crippen LogP contribution in [0.1, 0.15) is 31.2 Å². The van der Waals surface area contributed by atoms with Crippen LogP contribution in [0.25, 0.3) is 11.3 Å². The third kappa shape index (κ3) is 2.84. The monoisotopic (exact) mass is 257 g/mol. The molecule has 2 rings (SSSR count). The molecule has 1 aromatic carbocycles. The zero-order valence-electron chi connectivity index (χ0n) is 11.8. The van der Waals surface area contributed by atoms with Crippen LogP contribution in [-0.4, -0.2) is 17.1 Å². The summed E-state index contributed by atoms with van der Waals surface area (Å²) in [6, 6.07) is 7.72. The lowest BCUT2D eigenvalue weighted by molar-refractivity contribution is 0.414. The van der Waals surface area contributed by atoms with E-state index in [1.165, 1.54) is 0 Å². The minimum absolute atomic E-state index is 0.251. The Morgan fingerprint density at radius 2 is 1.89 bits per heavy atom. The highest BCUT2D eigenvalue weighted by Gasteiger charge is 2.10. The van der Waals surface area contributed by atoms with E-state index in [9.17, 15) is 0 Å². The molecule has 4 heteroatoms. The summed E-state index contributed by atoms with van der Waals surface area (Å²) in [4.78, 5) is 8.85. The molecule has 0 unspecified atom stereocenters. The van der Waals surface area contributed by atoms with Crippen molar-refractivity contribution in [3.63, 3.8) is 0 Å². The van der Waals surface area contributed by atoms with Gasteiger partial charge in [0.15, 0.2) is 0 Å². The SMILES string of the molecule is COc1ccc(-c2cc(N)nc(C(C)C)n2)c(C)c1. The van der Waals surface area contributed by atoms with E-state index in [0.717, 1.165) is 28.4 Å². The minimum Gasteiger partial charge on any atom is -0.497 e. The van der Waals surface area contributed by atoms with Crippen molar-refractivity contribution in [1.29, 1.82) is 0 Å². The molecule has 2 N–H and O–H groups in total. The number of hydrogen-bond acceptors (Lipinski definition) is 4. The fourth-order valence-corrected chi connectivity index (χ4v) is 1.93. The van der Waals surface area contributed by atoms with Crippen molar-refractivity contribution >= 4 is 5.82 Å². The van der Waals surface area contributed by atoms with Gasteiger partial charge in [0.2, 0.25) is 0 Å². The molecule has 0 aliphatic rings. The van der Waals surface area contributed by atoms with Crippen LogP contribution in [0.2, 0.25) is 0 Å². The van der Waals surface area contributed by atoms with Gasteiger partial charge in [-0.2, -0.15) is 0 Å². The van der Waals surface area contributed by atoms with Gasteiger partial charge in [0, 0.05) is 17.5 Å². The molecule has 2 aromatic rings. The van der Waals surface area contributed by atoms with E-state index in [1.807, 2.05) is 25.1 Å². The first-order valence-corrected chi connectivity index (χ1v) is 6.30. The number of aryl methyl sites for hydroxylation is 1. The van der Waals surface area contributed by atoms with E-state index in [2.05, 4.69) is 23.8 Å². The predicted molar refractivity (Wildman–Crippen MR) is 77.3 cm³/mol. The molecular formula is C15H19N3O. The molecule has 4 nitrogen and oxygen atoms in total. The van der Waals surface area contributed by atoms with Gasteiger partial charge >= 0.3 is 0 Å². The highest BCUT2D eigenvalue weighted by Crippen LogP contribution is 2.27. The van der Waals surface area contributed by atoms with Gasteiger partial charge in [-0.1, -0.05) is 13.8 Å². The highest BCUT2D eigenvalue weighted by atomic mass is 16.5. The molecule has 1 aromatic heterocycles. The van der Waals surface area contributed by atoms with Crippen molar-refractivity contribution in [3.05, 3.63) is 35.7 Å². The fourth-order valence-electron chi connectivity index (χ4n) is 1.93. The fraction of sp³-hybridized carbons (Fsp3) is 0.333. The summed E-state index contributed by atoms with van der Waals surface area (Å²) in [7, 11) is 1.66. The smallest absolute Gasteiger partial charge is 0.133 e. The molecule has 0 aliphatic heterocycles. The molecule has 0 bridgehead atoms. The molecule has 0 radical (unpaired) electrons. The first kappa shape index (κ1) is 13.3. The third-order valence-electron chi connectivity index (χ3n) is 2.99. The van der Waals surface area contributed by atoms with E-state index in [1.54, 1.807) is 13.2 Å². The summed E-state index contributed by atoms with van der Waals surface area (Å²) in [6.07, 6.45) is 0. The Balaban J connectivity index is 2.52. The average Bonchev–Trinajstić information content (AvgIpc) is 2.37. The van der Waals surface area contributed by atoms with Crippen molar-refractivity contribution in [2.24, 2.45) is 0 Å². The van der Waals surface area contributed by atoms with Gasteiger partial charge in [-0.15, -0.1) is 0 Å². The van der Waals surface area contributed by atoms with Crippen LogP contribution in [-0.2, 0) is 0 Å². The van der Waals surface area contributed by atoms with Crippen LogP contribution >= 0.6 is 0 Å². The number of anilines is 1. The van der Waals surface area contributed by atoms with Crippen LogP contribution in [0, 0.1) is 6.92 Å². The minimum atomic E-state index is 0.251. The van der Waals surface area contributed by atoms with Crippen molar-refractivity contribution in [2.75, 3.05) is 12.8 Å². The molecule has 19 heavy (non-hydrogen) atoms. The van der Waals surface area contributed by atoms with Crippen LogP contribution in [0.4, 0.5) is 5.82 Å². The normalized spacial score (nSPS) is 10.8. The predicted octanol–water partition coefficient (Wildman–Crippen LogP) is 3.17. The molecule has 0 aliphatic carbocycles. The van der Waals surface area contributed by atoms with E-state index in [0.29, 0.717) is 5.82 Å². The summed E-state index contributed by atoms with van der Waals surface area (Å²) in [6.45, 7) is 6.14. The van der Waals surface area contributed by atoms with Crippen LogP contribution in [0.5, 0.6) is 5.75 Å². The Morgan fingerprint density at radius 3 is 2.47 bits per heavy atom. The van der Waals surface area contributed by atoms with Crippen molar-refractivity contribution < 1.29 is 4.74 Å². The van der Waals surface area contributed by atoms with Gasteiger partial charge < -0.3 is 10.5 Å². The summed E-state index contributed by atoms with van der Waals surface area (Å²) in [5, 5.41) is 0. The molecule has 0 saturated heterocycles. The second-order valence-corrected chi connectivity index (χ2v) is 4.87. The maximum Gasteiger partial charge on any atom is 0.133 e. The molecule has 0 saturated carbocycles. The second kappa shape index (κ2) is 5.26.